The fourth-order valence-electron chi connectivity index (χ4n) is 5.06. The van der Waals surface area contributed by atoms with Crippen molar-refractivity contribution in [2.45, 2.75) is 64.5 Å². The molecule has 2 aliphatic rings. The first kappa shape index (κ1) is 26.9. The first-order chi connectivity index (χ1) is 17.7. The minimum atomic E-state index is -0.656. The molecule has 1 N–H and O–H groups in total. The monoisotopic (exact) mass is 513 g/mol. The van der Waals surface area contributed by atoms with Gasteiger partial charge in [-0.05, 0) is 71.4 Å². The van der Waals surface area contributed by atoms with Gasteiger partial charge in [-0.2, -0.15) is 0 Å². The maximum Gasteiger partial charge on any atom is 0.417 e. The van der Waals surface area contributed by atoms with Crippen molar-refractivity contribution in [1.82, 2.24) is 20.2 Å². The predicted octanol–water partition coefficient (Wildman–Crippen LogP) is 3.77. The van der Waals surface area contributed by atoms with Gasteiger partial charge in [0.15, 0.2) is 11.5 Å². The summed E-state index contributed by atoms with van der Waals surface area (Å²) in [6, 6.07) is 3.49. The van der Waals surface area contributed by atoms with Gasteiger partial charge in [-0.1, -0.05) is 0 Å². The van der Waals surface area contributed by atoms with Crippen molar-refractivity contribution >= 4 is 28.7 Å². The van der Waals surface area contributed by atoms with Gasteiger partial charge in [-0.3, -0.25) is 4.79 Å². The zero-order valence-electron chi connectivity index (χ0n) is 22.6. The summed E-state index contributed by atoms with van der Waals surface area (Å²) in [7, 11) is 3.23. The van der Waals surface area contributed by atoms with Gasteiger partial charge < -0.3 is 24.4 Å². The number of amides is 2. The van der Waals surface area contributed by atoms with Crippen LogP contribution in [0.2, 0.25) is 0 Å². The summed E-state index contributed by atoms with van der Waals surface area (Å²) in [5, 5.41) is 4.13. The molecule has 3 heterocycles. The molecule has 2 saturated heterocycles. The number of anilines is 1. The Bertz CT molecular complexity index is 1100. The average Bonchev–Trinajstić information content (AvgIpc) is 3.42. The van der Waals surface area contributed by atoms with Gasteiger partial charge in [0.2, 0.25) is 5.91 Å². The van der Waals surface area contributed by atoms with E-state index in [2.05, 4.69) is 20.2 Å². The number of aromatic nitrogens is 2. The smallest absolute Gasteiger partial charge is 0.417 e. The van der Waals surface area contributed by atoms with E-state index in [0.717, 1.165) is 68.5 Å². The summed E-state index contributed by atoms with van der Waals surface area (Å²) in [5.74, 6) is 2.37. The van der Waals surface area contributed by atoms with Crippen molar-refractivity contribution in [3.63, 3.8) is 0 Å². The van der Waals surface area contributed by atoms with Crippen molar-refractivity contribution in [3.05, 3.63) is 18.5 Å². The third kappa shape index (κ3) is 6.41. The van der Waals surface area contributed by atoms with Gasteiger partial charge in [-0.25, -0.2) is 19.7 Å². The Labute approximate surface area is 218 Å². The maximum atomic E-state index is 13.1. The van der Waals surface area contributed by atoms with Crippen molar-refractivity contribution in [2.75, 3.05) is 45.3 Å². The topological polar surface area (TPSA) is 106 Å². The van der Waals surface area contributed by atoms with Crippen LogP contribution in [-0.2, 0) is 9.53 Å². The number of ether oxygens (including phenoxy) is 3. The van der Waals surface area contributed by atoms with Crippen LogP contribution in [-0.4, -0.2) is 78.9 Å². The lowest BCUT2D eigenvalue weighted by atomic mass is 9.93. The van der Waals surface area contributed by atoms with E-state index in [9.17, 15) is 9.59 Å². The van der Waals surface area contributed by atoms with Crippen LogP contribution >= 0.6 is 0 Å². The summed E-state index contributed by atoms with van der Waals surface area (Å²) in [5.41, 5.74) is 0.147. The number of rotatable bonds is 7. The number of carbonyl (C=O) groups excluding carboxylic acids is 2. The number of piperidine rings is 1. The molecule has 4 rings (SSSR count). The highest BCUT2D eigenvalue weighted by atomic mass is 16.6. The highest BCUT2D eigenvalue weighted by molar-refractivity contribution is 5.95. The molecule has 0 bridgehead atoms. The number of nitrogens with one attached hydrogen (secondary N) is 1. The Balaban J connectivity index is 1.41. The second kappa shape index (κ2) is 11.5. The van der Waals surface area contributed by atoms with Crippen molar-refractivity contribution < 1.29 is 23.8 Å². The zero-order chi connectivity index (χ0) is 26.6. The summed E-state index contributed by atoms with van der Waals surface area (Å²) in [6.07, 6.45) is 5.35. The molecule has 1 aromatic heterocycles. The molecule has 10 heteroatoms. The predicted molar refractivity (Wildman–Crippen MR) is 141 cm³/mol. The number of methoxy groups -OCH3 is 2. The Hall–Kier alpha value is -3.14. The Kier molecular flexibility index (Phi) is 8.36. The van der Waals surface area contributed by atoms with Crippen LogP contribution in [0.25, 0.3) is 10.9 Å². The molecular formula is C27H39N5O5. The number of fused-ring (bicyclic) bond motifs is 1. The van der Waals surface area contributed by atoms with Crippen molar-refractivity contribution in [3.8, 4) is 11.5 Å². The molecule has 2 amide bonds. The van der Waals surface area contributed by atoms with Crippen molar-refractivity contribution in [2.24, 2.45) is 5.92 Å². The number of hydrogen-bond donors (Lipinski definition) is 1. The molecule has 0 spiro atoms. The second-order valence-corrected chi connectivity index (χ2v) is 10.8. The quantitative estimate of drug-likeness (QED) is 0.592. The Morgan fingerprint density at radius 1 is 1.08 bits per heavy atom. The van der Waals surface area contributed by atoms with Gasteiger partial charge in [0.25, 0.3) is 0 Å². The van der Waals surface area contributed by atoms with Gasteiger partial charge in [0, 0.05) is 31.1 Å². The van der Waals surface area contributed by atoms with E-state index >= 15 is 0 Å². The van der Waals surface area contributed by atoms with E-state index in [1.807, 2.05) is 32.9 Å². The number of imide groups is 1. The number of carbonyl (C=O) groups is 2. The molecule has 10 nitrogen and oxygen atoms in total. The number of nitrogens with zero attached hydrogens (tertiary/aromatic N) is 4. The molecule has 1 atom stereocenters. The average molecular weight is 514 g/mol. The molecule has 0 saturated carbocycles. The van der Waals surface area contributed by atoms with Crippen LogP contribution < -0.4 is 19.7 Å². The highest BCUT2D eigenvalue weighted by Gasteiger charge is 2.34. The molecule has 1 aromatic carbocycles. The van der Waals surface area contributed by atoms with E-state index in [4.69, 9.17) is 14.2 Å². The molecule has 37 heavy (non-hydrogen) atoms. The maximum absolute atomic E-state index is 13.1. The van der Waals surface area contributed by atoms with Crippen molar-refractivity contribution in [1.29, 1.82) is 0 Å². The minimum Gasteiger partial charge on any atom is -0.493 e. The first-order valence-electron chi connectivity index (χ1n) is 13.1. The van der Waals surface area contributed by atoms with Gasteiger partial charge >= 0.3 is 6.09 Å². The molecule has 2 aromatic rings. The summed E-state index contributed by atoms with van der Waals surface area (Å²) in [6.45, 7) is 8.28. The van der Waals surface area contributed by atoms with E-state index in [1.165, 1.54) is 4.90 Å². The molecule has 202 valence electrons. The molecule has 2 aliphatic heterocycles. The molecule has 0 unspecified atom stereocenters. The fraction of sp³-hybridized carbons (Fsp3) is 0.630. The van der Waals surface area contributed by atoms with Crippen LogP contribution in [0.5, 0.6) is 11.5 Å². The summed E-state index contributed by atoms with van der Waals surface area (Å²) in [4.78, 5) is 38.6. The van der Waals surface area contributed by atoms with Gasteiger partial charge in [0.05, 0.1) is 25.8 Å². The van der Waals surface area contributed by atoms with Gasteiger partial charge in [-0.15, -0.1) is 0 Å². The Morgan fingerprint density at radius 2 is 1.78 bits per heavy atom. The zero-order valence-corrected chi connectivity index (χ0v) is 22.6. The molecule has 0 radical (unpaired) electrons. The largest absolute Gasteiger partial charge is 0.493 e. The van der Waals surface area contributed by atoms with E-state index in [1.54, 1.807) is 20.5 Å². The Morgan fingerprint density at radius 3 is 2.41 bits per heavy atom. The molecular weight excluding hydrogens is 474 g/mol. The first-order valence-corrected chi connectivity index (χ1v) is 13.1. The van der Waals surface area contributed by atoms with Crippen LogP contribution in [0.4, 0.5) is 10.6 Å². The molecule has 0 aliphatic carbocycles. The number of benzene rings is 1. The lowest BCUT2D eigenvalue weighted by molar-refractivity contribution is -0.132. The second-order valence-electron chi connectivity index (χ2n) is 10.8. The third-order valence-electron chi connectivity index (χ3n) is 7.03. The van der Waals surface area contributed by atoms with Crippen LogP contribution in [0.1, 0.15) is 52.9 Å². The lowest BCUT2D eigenvalue weighted by Crippen LogP contribution is -2.49. The SMILES string of the molecule is COc1cc2ncnc(N3CCC(CCN(C(=O)OC(C)(C)C)C(=O)[C@H]4CCCN4)CC3)c2cc1OC. The fourth-order valence-corrected chi connectivity index (χ4v) is 5.06. The third-order valence-corrected chi connectivity index (χ3v) is 7.03. The summed E-state index contributed by atoms with van der Waals surface area (Å²) >= 11 is 0. The van der Waals surface area contributed by atoms with Crippen LogP contribution in [0, 0.1) is 5.92 Å². The van der Waals surface area contributed by atoms with E-state index < -0.39 is 11.7 Å². The van der Waals surface area contributed by atoms with Crippen LogP contribution in [0.3, 0.4) is 0 Å². The van der Waals surface area contributed by atoms with Gasteiger partial charge in [0.1, 0.15) is 17.7 Å². The normalized spacial score (nSPS) is 18.6. The number of hydrogen-bond acceptors (Lipinski definition) is 9. The molecule has 2 fully saturated rings. The lowest BCUT2D eigenvalue weighted by Gasteiger charge is -2.34. The van der Waals surface area contributed by atoms with E-state index in [-0.39, 0.29) is 11.9 Å². The highest BCUT2D eigenvalue weighted by Crippen LogP contribution is 2.36. The summed E-state index contributed by atoms with van der Waals surface area (Å²) < 4.78 is 16.5. The standard InChI is InChI=1S/C27H39N5O5/c1-27(2,3)37-26(34)32(25(33)20-7-6-11-28-20)14-10-18-8-12-31(13-9-18)24-19-15-22(35-4)23(36-5)16-21(19)29-17-30-24/h15-18,20,28H,6-14H2,1-5H3/t20-/m1/s1. The van der Waals surface area contributed by atoms with E-state index in [0.29, 0.717) is 24.0 Å². The van der Waals surface area contributed by atoms with Crippen LogP contribution in [0.15, 0.2) is 18.5 Å². The minimum absolute atomic E-state index is 0.180.